The zero-order chi connectivity index (χ0) is 17.7. The maximum absolute atomic E-state index is 11.8. The van der Waals surface area contributed by atoms with Crippen LogP contribution in [0.4, 0.5) is 0 Å². The molecule has 5 nitrogen and oxygen atoms in total. The van der Waals surface area contributed by atoms with Gasteiger partial charge in [0.1, 0.15) is 5.75 Å². The number of nitrogens with zero attached hydrogens (tertiary/aromatic N) is 2. The highest BCUT2D eigenvalue weighted by atomic mass is 16.5. The number of nitrogens with one attached hydrogen (secondary N) is 1. The highest BCUT2D eigenvalue weighted by Gasteiger charge is 2.22. The van der Waals surface area contributed by atoms with E-state index >= 15 is 0 Å². The molecule has 1 N–H and O–H groups in total. The average Bonchev–Trinajstić information content (AvgIpc) is 2.56. The van der Waals surface area contributed by atoms with E-state index in [1.165, 1.54) is 12.8 Å². The molecular formula is C19H31N3O2. The van der Waals surface area contributed by atoms with Gasteiger partial charge in [-0.3, -0.25) is 14.7 Å². The number of piperidine rings is 1. The summed E-state index contributed by atoms with van der Waals surface area (Å²) in [5, 5.41) is 3.07. The summed E-state index contributed by atoms with van der Waals surface area (Å²) in [6.07, 6.45) is 4.24. The summed E-state index contributed by atoms with van der Waals surface area (Å²) in [4.78, 5) is 18.8. The SMILES string of the molecule is COc1c(C)cnc(CN2CCC[C@H](CNC(=O)C(C)C)C2)c1C. The van der Waals surface area contributed by atoms with Crippen LogP contribution in [0.2, 0.25) is 0 Å². The number of carbonyl (C=O) groups excluding carboxylic acids is 1. The Morgan fingerprint density at radius 3 is 2.88 bits per heavy atom. The molecule has 1 aromatic rings. The summed E-state index contributed by atoms with van der Waals surface area (Å²) >= 11 is 0. The molecule has 0 unspecified atom stereocenters. The molecule has 1 amide bonds. The van der Waals surface area contributed by atoms with E-state index in [2.05, 4.69) is 22.1 Å². The molecular weight excluding hydrogens is 302 g/mol. The second-order valence-corrected chi connectivity index (χ2v) is 7.19. The van der Waals surface area contributed by atoms with Crippen LogP contribution in [-0.2, 0) is 11.3 Å². The molecule has 0 bridgehead atoms. The molecule has 2 rings (SSSR count). The van der Waals surface area contributed by atoms with Gasteiger partial charge in [-0.2, -0.15) is 0 Å². The summed E-state index contributed by atoms with van der Waals surface area (Å²) in [7, 11) is 1.72. The Morgan fingerprint density at radius 1 is 1.46 bits per heavy atom. The largest absolute Gasteiger partial charge is 0.496 e. The summed E-state index contributed by atoms with van der Waals surface area (Å²) in [5.41, 5.74) is 3.30. The van der Waals surface area contributed by atoms with E-state index in [0.29, 0.717) is 5.92 Å². The van der Waals surface area contributed by atoms with Gasteiger partial charge in [0.2, 0.25) is 5.91 Å². The number of likely N-dealkylation sites (tertiary alicyclic amines) is 1. The van der Waals surface area contributed by atoms with Crippen molar-refractivity contribution >= 4 is 5.91 Å². The first-order valence-corrected chi connectivity index (χ1v) is 8.91. The number of methoxy groups -OCH3 is 1. The Kier molecular flexibility index (Phi) is 6.60. The molecule has 1 aliphatic rings. The van der Waals surface area contributed by atoms with Crippen molar-refractivity contribution in [3.8, 4) is 5.75 Å². The van der Waals surface area contributed by atoms with Crippen LogP contribution in [0, 0.1) is 25.7 Å². The van der Waals surface area contributed by atoms with E-state index in [1.807, 2.05) is 27.0 Å². The third-order valence-corrected chi connectivity index (χ3v) is 4.82. The van der Waals surface area contributed by atoms with Gasteiger partial charge in [-0.05, 0) is 39.2 Å². The second-order valence-electron chi connectivity index (χ2n) is 7.19. The summed E-state index contributed by atoms with van der Waals surface area (Å²) in [6, 6.07) is 0. The van der Waals surface area contributed by atoms with Crippen LogP contribution in [0.3, 0.4) is 0 Å². The fraction of sp³-hybridized carbons (Fsp3) is 0.684. The van der Waals surface area contributed by atoms with Gasteiger partial charge in [0.15, 0.2) is 0 Å². The average molecular weight is 333 g/mol. The summed E-state index contributed by atoms with van der Waals surface area (Å²) in [6.45, 7) is 11.7. The molecule has 1 aromatic heterocycles. The van der Waals surface area contributed by atoms with E-state index in [4.69, 9.17) is 4.74 Å². The van der Waals surface area contributed by atoms with E-state index in [-0.39, 0.29) is 11.8 Å². The van der Waals surface area contributed by atoms with Gasteiger partial charge in [0.25, 0.3) is 0 Å². The molecule has 24 heavy (non-hydrogen) atoms. The van der Waals surface area contributed by atoms with Crippen LogP contribution in [0.1, 0.15) is 43.5 Å². The number of ether oxygens (including phenoxy) is 1. The van der Waals surface area contributed by atoms with Crippen molar-refractivity contribution in [1.29, 1.82) is 0 Å². The standard InChI is InChI=1S/C19H31N3O2/c1-13(2)19(23)21-10-16-7-6-8-22(11-16)12-17-15(4)18(24-5)14(3)9-20-17/h9,13,16H,6-8,10-12H2,1-5H3,(H,21,23)/t16-/m1/s1. The number of carbonyl (C=O) groups is 1. The predicted molar refractivity (Wildman–Crippen MR) is 96.1 cm³/mol. The summed E-state index contributed by atoms with van der Waals surface area (Å²) < 4.78 is 5.51. The molecule has 1 saturated heterocycles. The lowest BCUT2D eigenvalue weighted by molar-refractivity contribution is -0.124. The van der Waals surface area contributed by atoms with Crippen molar-refractivity contribution in [2.45, 2.75) is 47.1 Å². The van der Waals surface area contributed by atoms with Crippen LogP contribution < -0.4 is 10.1 Å². The van der Waals surface area contributed by atoms with Gasteiger partial charge in [-0.25, -0.2) is 0 Å². The predicted octanol–water partition coefficient (Wildman–Crippen LogP) is 2.69. The first-order chi connectivity index (χ1) is 11.4. The zero-order valence-corrected chi connectivity index (χ0v) is 15.7. The van der Waals surface area contributed by atoms with Gasteiger partial charge in [-0.1, -0.05) is 13.8 Å². The highest BCUT2D eigenvalue weighted by Crippen LogP contribution is 2.26. The maximum Gasteiger partial charge on any atom is 0.222 e. The minimum Gasteiger partial charge on any atom is -0.496 e. The quantitative estimate of drug-likeness (QED) is 0.870. The van der Waals surface area contributed by atoms with E-state index in [0.717, 1.165) is 48.7 Å². The first kappa shape index (κ1) is 18.7. The fourth-order valence-electron chi connectivity index (χ4n) is 3.35. The number of pyridine rings is 1. The van der Waals surface area contributed by atoms with Crippen LogP contribution in [0.25, 0.3) is 0 Å². The van der Waals surface area contributed by atoms with Crippen molar-refractivity contribution in [3.63, 3.8) is 0 Å². The molecule has 2 heterocycles. The van der Waals surface area contributed by atoms with Crippen molar-refractivity contribution in [2.75, 3.05) is 26.7 Å². The molecule has 1 fully saturated rings. The van der Waals surface area contributed by atoms with Gasteiger partial charge < -0.3 is 10.1 Å². The lowest BCUT2D eigenvalue weighted by Gasteiger charge is -2.33. The Balaban J connectivity index is 1.95. The lowest BCUT2D eigenvalue weighted by atomic mass is 9.97. The fourth-order valence-corrected chi connectivity index (χ4v) is 3.35. The van der Waals surface area contributed by atoms with Crippen LogP contribution in [0.15, 0.2) is 6.20 Å². The number of hydrogen-bond acceptors (Lipinski definition) is 4. The highest BCUT2D eigenvalue weighted by molar-refractivity contribution is 5.77. The first-order valence-electron chi connectivity index (χ1n) is 8.91. The maximum atomic E-state index is 11.8. The third kappa shape index (κ3) is 4.69. The van der Waals surface area contributed by atoms with Crippen LogP contribution in [0.5, 0.6) is 5.75 Å². The van der Waals surface area contributed by atoms with Crippen LogP contribution >= 0.6 is 0 Å². The minimum atomic E-state index is 0.0524. The molecule has 0 radical (unpaired) electrons. The van der Waals surface area contributed by atoms with Crippen LogP contribution in [-0.4, -0.2) is 42.5 Å². The van der Waals surface area contributed by atoms with Gasteiger partial charge in [0, 0.05) is 42.9 Å². The molecule has 1 atom stereocenters. The molecule has 0 saturated carbocycles. The van der Waals surface area contributed by atoms with Gasteiger partial charge >= 0.3 is 0 Å². The Morgan fingerprint density at radius 2 is 2.21 bits per heavy atom. The minimum absolute atomic E-state index is 0.0524. The topological polar surface area (TPSA) is 54.5 Å². The molecule has 134 valence electrons. The Labute approximate surface area is 145 Å². The number of amides is 1. The third-order valence-electron chi connectivity index (χ3n) is 4.82. The van der Waals surface area contributed by atoms with Crippen molar-refractivity contribution in [3.05, 3.63) is 23.0 Å². The van der Waals surface area contributed by atoms with Crippen molar-refractivity contribution in [2.24, 2.45) is 11.8 Å². The molecule has 0 aliphatic carbocycles. The molecule has 5 heteroatoms. The normalized spacial score (nSPS) is 18.7. The van der Waals surface area contributed by atoms with Gasteiger partial charge in [0.05, 0.1) is 12.8 Å². The Bertz CT molecular complexity index is 572. The van der Waals surface area contributed by atoms with E-state index in [9.17, 15) is 4.79 Å². The number of aromatic nitrogens is 1. The zero-order valence-electron chi connectivity index (χ0n) is 15.7. The molecule has 1 aliphatic heterocycles. The summed E-state index contributed by atoms with van der Waals surface area (Å²) in [5.74, 6) is 1.66. The Hall–Kier alpha value is -1.62. The van der Waals surface area contributed by atoms with E-state index < -0.39 is 0 Å². The monoisotopic (exact) mass is 333 g/mol. The lowest BCUT2D eigenvalue weighted by Crippen LogP contribution is -2.41. The van der Waals surface area contributed by atoms with Crippen molar-refractivity contribution in [1.82, 2.24) is 15.2 Å². The van der Waals surface area contributed by atoms with Crippen molar-refractivity contribution < 1.29 is 9.53 Å². The number of rotatable bonds is 6. The van der Waals surface area contributed by atoms with E-state index in [1.54, 1.807) is 7.11 Å². The second kappa shape index (κ2) is 8.47. The van der Waals surface area contributed by atoms with Gasteiger partial charge in [-0.15, -0.1) is 0 Å². The number of aryl methyl sites for hydroxylation is 1. The number of hydrogen-bond donors (Lipinski definition) is 1. The smallest absolute Gasteiger partial charge is 0.222 e. The molecule has 0 aromatic carbocycles. The molecule has 0 spiro atoms.